The third-order valence-electron chi connectivity index (χ3n) is 5.24. The minimum absolute atomic E-state index is 0.0154. The van der Waals surface area contributed by atoms with Gasteiger partial charge < -0.3 is 20.2 Å². The van der Waals surface area contributed by atoms with Crippen LogP contribution in [0.5, 0.6) is 0 Å². The van der Waals surface area contributed by atoms with Crippen LogP contribution in [-0.4, -0.2) is 55.5 Å². The highest BCUT2D eigenvalue weighted by atomic mass is 35.5. The van der Waals surface area contributed by atoms with Gasteiger partial charge in [-0.3, -0.25) is 9.69 Å². The van der Waals surface area contributed by atoms with Gasteiger partial charge in [-0.25, -0.2) is 0 Å². The zero-order chi connectivity index (χ0) is 23.1. The Kier molecular flexibility index (Phi) is 8.93. The summed E-state index contributed by atoms with van der Waals surface area (Å²) in [5, 5.41) is 7.40. The Morgan fingerprint density at radius 1 is 1.25 bits per heavy atom. The number of nitrogens with one attached hydrogen (secondary N) is 2. The topological polar surface area (TPSA) is 70.7 Å². The fourth-order valence-electron chi connectivity index (χ4n) is 3.76. The van der Waals surface area contributed by atoms with Gasteiger partial charge in [-0.05, 0) is 43.2 Å². The van der Waals surface area contributed by atoms with E-state index in [-0.39, 0.29) is 24.5 Å². The maximum Gasteiger partial charge on any atom is 0.253 e. The van der Waals surface area contributed by atoms with Crippen LogP contribution in [0.2, 0.25) is 10.0 Å². The molecule has 172 valence electrons. The summed E-state index contributed by atoms with van der Waals surface area (Å²) in [5.74, 6) is -0.166. The number of para-hydroxylation sites is 1. The monoisotopic (exact) mass is 477 g/mol. The summed E-state index contributed by atoms with van der Waals surface area (Å²) in [5.41, 5.74) is 3.10. The first-order valence-electron chi connectivity index (χ1n) is 10.8. The number of hydrogen-bond donors (Lipinski definition) is 2. The third kappa shape index (κ3) is 6.69. The van der Waals surface area contributed by atoms with Crippen molar-refractivity contribution in [2.24, 2.45) is 0 Å². The van der Waals surface area contributed by atoms with Crippen LogP contribution in [0.25, 0.3) is 0 Å². The number of ether oxygens (including phenoxy) is 1. The van der Waals surface area contributed by atoms with Crippen molar-refractivity contribution < 1.29 is 14.3 Å². The molecule has 0 bridgehead atoms. The molecule has 1 atom stereocenters. The van der Waals surface area contributed by atoms with Crippen molar-refractivity contribution in [3.05, 3.63) is 63.1 Å². The highest BCUT2D eigenvalue weighted by Gasteiger charge is 2.22. The zero-order valence-electron chi connectivity index (χ0n) is 18.4. The molecule has 1 fully saturated rings. The molecule has 1 amide bonds. The quantitative estimate of drug-likeness (QED) is 0.529. The van der Waals surface area contributed by atoms with Crippen LogP contribution < -0.4 is 10.6 Å². The van der Waals surface area contributed by atoms with E-state index in [0.29, 0.717) is 34.4 Å². The van der Waals surface area contributed by atoms with Gasteiger partial charge in [-0.15, -0.1) is 0 Å². The van der Waals surface area contributed by atoms with Crippen LogP contribution >= 0.6 is 23.2 Å². The molecule has 1 aliphatic heterocycles. The second-order valence-corrected chi connectivity index (χ2v) is 9.01. The van der Waals surface area contributed by atoms with Crippen molar-refractivity contribution >= 4 is 41.1 Å². The Labute approximate surface area is 199 Å². The number of carbonyl (C=O) groups is 2. The Morgan fingerprint density at radius 2 is 2.06 bits per heavy atom. The average Bonchev–Trinajstić information content (AvgIpc) is 2.75. The van der Waals surface area contributed by atoms with Crippen LogP contribution in [0.4, 0.5) is 5.69 Å². The third-order valence-corrected chi connectivity index (χ3v) is 5.98. The largest absolute Gasteiger partial charge is 0.382 e. The zero-order valence-corrected chi connectivity index (χ0v) is 19.9. The number of anilines is 1. The van der Waals surface area contributed by atoms with Gasteiger partial charge in [0, 0.05) is 38.6 Å². The molecule has 1 saturated heterocycles. The summed E-state index contributed by atoms with van der Waals surface area (Å²) in [6, 6.07) is 11.1. The number of rotatable bonds is 9. The molecular weight excluding hydrogens is 449 g/mol. The standard InChI is InChI=1S/C24H29Cl2N3O3/c1-16(2)28-24(31)20-5-3-4-18(8-10-30)23(20)27-13-19-15-29(9-11-32-19)14-17-6-7-21(25)22(26)12-17/h3-7,10,12,16,19,27H,8-9,11,13-15H2,1-2H3,(H,28,31). The van der Waals surface area contributed by atoms with E-state index >= 15 is 0 Å². The fraction of sp³-hybridized carbons (Fsp3) is 0.417. The van der Waals surface area contributed by atoms with Crippen molar-refractivity contribution in [2.45, 2.75) is 39.0 Å². The van der Waals surface area contributed by atoms with Crippen molar-refractivity contribution in [2.75, 3.05) is 31.6 Å². The van der Waals surface area contributed by atoms with E-state index < -0.39 is 0 Å². The molecule has 0 spiro atoms. The van der Waals surface area contributed by atoms with E-state index in [4.69, 9.17) is 27.9 Å². The number of hydrogen-bond acceptors (Lipinski definition) is 5. The molecule has 8 heteroatoms. The van der Waals surface area contributed by atoms with Crippen LogP contribution in [0.15, 0.2) is 36.4 Å². The molecule has 6 nitrogen and oxygen atoms in total. The van der Waals surface area contributed by atoms with Crippen LogP contribution in [0.1, 0.15) is 35.3 Å². The van der Waals surface area contributed by atoms with E-state index in [0.717, 1.165) is 37.0 Å². The molecule has 32 heavy (non-hydrogen) atoms. The predicted octanol–water partition coefficient (Wildman–Crippen LogP) is 4.19. The summed E-state index contributed by atoms with van der Waals surface area (Å²) in [7, 11) is 0. The van der Waals surface area contributed by atoms with Gasteiger partial charge in [0.05, 0.1) is 34.0 Å². The van der Waals surface area contributed by atoms with Gasteiger partial charge in [0.25, 0.3) is 5.91 Å². The molecule has 2 aromatic carbocycles. The van der Waals surface area contributed by atoms with Crippen molar-refractivity contribution in [3.63, 3.8) is 0 Å². The molecule has 0 aromatic heterocycles. The Morgan fingerprint density at radius 3 is 2.78 bits per heavy atom. The molecule has 1 aliphatic rings. The number of morpholine rings is 1. The first-order valence-corrected chi connectivity index (χ1v) is 11.5. The van der Waals surface area contributed by atoms with Crippen molar-refractivity contribution in [1.82, 2.24) is 10.2 Å². The summed E-state index contributed by atoms with van der Waals surface area (Å²) in [4.78, 5) is 26.2. The number of carbonyl (C=O) groups excluding carboxylic acids is 2. The highest BCUT2D eigenvalue weighted by Crippen LogP contribution is 2.25. The molecular formula is C24H29Cl2N3O3. The SMILES string of the molecule is CC(C)NC(=O)c1cccc(CC=O)c1NCC1CN(Cc2ccc(Cl)c(Cl)c2)CCO1. The molecule has 0 aliphatic carbocycles. The number of benzene rings is 2. The van der Waals surface area contributed by atoms with Crippen LogP contribution in [0.3, 0.4) is 0 Å². The second kappa shape index (κ2) is 11.7. The van der Waals surface area contributed by atoms with Gasteiger partial charge in [0.2, 0.25) is 0 Å². The normalized spacial score (nSPS) is 16.7. The van der Waals surface area contributed by atoms with E-state index in [1.165, 1.54) is 0 Å². The summed E-state index contributed by atoms with van der Waals surface area (Å²) < 4.78 is 5.95. The number of amides is 1. The van der Waals surface area contributed by atoms with Crippen LogP contribution in [0, 0.1) is 0 Å². The van der Waals surface area contributed by atoms with Gasteiger partial charge in [-0.1, -0.05) is 41.4 Å². The van der Waals surface area contributed by atoms with Gasteiger partial charge >= 0.3 is 0 Å². The smallest absolute Gasteiger partial charge is 0.253 e. The molecule has 1 heterocycles. The van der Waals surface area contributed by atoms with Gasteiger partial charge in [0.15, 0.2) is 0 Å². The van der Waals surface area contributed by atoms with Crippen molar-refractivity contribution in [3.8, 4) is 0 Å². The number of nitrogens with zero attached hydrogens (tertiary/aromatic N) is 1. The highest BCUT2D eigenvalue weighted by molar-refractivity contribution is 6.42. The fourth-order valence-corrected chi connectivity index (χ4v) is 4.08. The maximum absolute atomic E-state index is 12.7. The molecule has 3 rings (SSSR count). The molecule has 2 aromatic rings. The summed E-state index contributed by atoms with van der Waals surface area (Å²) >= 11 is 12.2. The van der Waals surface area contributed by atoms with E-state index in [9.17, 15) is 9.59 Å². The lowest BCUT2D eigenvalue weighted by Crippen LogP contribution is -2.45. The first-order chi connectivity index (χ1) is 15.4. The molecule has 1 unspecified atom stereocenters. The Bertz CT molecular complexity index is 952. The van der Waals surface area contributed by atoms with E-state index in [1.807, 2.05) is 38.1 Å². The summed E-state index contributed by atoms with van der Waals surface area (Å²) in [6.07, 6.45) is 1.03. The van der Waals surface area contributed by atoms with Gasteiger partial charge in [-0.2, -0.15) is 0 Å². The minimum atomic E-state index is -0.166. The van der Waals surface area contributed by atoms with E-state index in [1.54, 1.807) is 12.1 Å². The maximum atomic E-state index is 12.7. The Hall–Kier alpha value is -2.12. The summed E-state index contributed by atoms with van der Waals surface area (Å²) in [6.45, 7) is 7.27. The average molecular weight is 478 g/mol. The lowest BCUT2D eigenvalue weighted by Gasteiger charge is -2.33. The molecule has 0 saturated carbocycles. The Balaban J connectivity index is 1.67. The first kappa shape index (κ1) is 24.5. The molecule has 0 radical (unpaired) electrons. The van der Waals surface area contributed by atoms with E-state index in [2.05, 4.69) is 15.5 Å². The number of aldehydes is 1. The lowest BCUT2D eigenvalue weighted by molar-refractivity contribution is -0.107. The second-order valence-electron chi connectivity index (χ2n) is 8.20. The van der Waals surface area contributed by atoms with Gasteiger partial charge in [0.1, 0.15) is 6.29 Å². The van der Waals surface area contributed by atoms with Crippen LogP contribution in [-0.2, 0) is 22.5 Å². The van der Waals surface area contributed by atoms with Crippen molar-refractivity contribution in [1.29, 1.82) is 0 Å². The number of halogens is 2. The molecule has 2 N–H and O–H groups in total. The lowest BCUT2D eigenvalue weighted by atomic mass is 10.0. The minimum Gasteiger partial charge on any atom is -0.382 e. The predicted molar refractivity (Wildman–Crippen MR) is 129 cm³/mol.